The minimum Gasteiger partial charge on any atom is -0.481 e. The van der Waals surface area contributed by atoms with Crippen molar-refractivity contribution in [2.45, 2.75) is 44.4 Å². The number of carbonyl (C=O) groups is 2. The molecule has 3 rings (SSSR count). The molecule has 112 valence electrons. The zero-order chi connectivity index (χ0) is 14.3. The van der Waals surface area contributed by atoms with Crippen LogP contribution < -0.4 is 0 Å². The summed E-state index contributed by atoms with van der Waals surface area (Å²) in [6.07, 6.45) is 2.73. The van der Waals surface area contributed by atoms with Crippen LogP contribution in [0.3, 0.4) is 0 Å². The molecule has 0 aromatic carbocycles. The molecule has 4 unspecified atom stereocenters. The Balaban J connectivity index is 1.61. The second kappa shape index (κ2) is 5.33. The minimum absolute atomic E-state index is 0.0555. The van der Waals surface area contributed by atoms with Crippen molar-refractivity contribution in [3.63, 3.8) is 0 Å². The molecule has 3 aliphatic heterocycles. The van der Waals surface area contributed by atoms with Crippen LogP contribution in [-0.2, 0) is 14.3 Å². The lowest BCUT2D eigenvalue weighted by molar-refractivity contribution is -0.144. The second-order valence-electron chi connectivity index (χ2n) is 6.17. The molecule has 0 spiro atoms. The quantitative estimate of drug-likeness (QED) is 0.799. The van der Waals surface area contributed by atoms with Crippen LogP contribution in [0.5, 0.6) is 0 Å². The van der Waals surface area contributed by atoms with Gasteiger partial charge in [-0.2, -0.15) is 0 Å². The molecular formula is C14H22N2O4. The third-order valence-electron chi connectivity index (χ3n) is 4.91. The first kappa shape index (κ1) is 13.8. The first-order valence-electron chi connectivity index (χ1n) is 7.44. The maximum Gasteiger partial charge on any atom is 0.308 e. The summed E-state index contributed by atoms with van der Waals surface area (Å²) < 4.78 is 5.45. The number of morpholine rings is 1. The number of ether oxygens (including phenoxy) is 1. The number of aliphatic carboxylic acids is 1. The van der Waals surface area contributed by atoms with Gasteiger partial charge in [-0.05, 0) is 26.2 Å². The predicted molar refractivity (Wildman–Crippen MR) is 71.3 cm³/mol. The van der Waals surface area contributed by atoms with Crippen molar-refractivity contribution < 1.29 is 19.4 Å². The molecule has 20 heavy (non-hydrogen) atoms. The summed E-state index contributed by atoms with van der Waals surface area (Å²) in [5.41, 5.74) is 0. The number of fused-ring (bicyclic) bond motifs is 2. The molecule has 3 heterocycles. The number of nitrogens with zero attached hydrogens (tertiary/aromatic N) is 2. The van der Waals surface area contributed by atoms with E-state index in [1.807, 2.05) is 11.8 Å². The fraction of sp³-hybridized carbons (Fsp3) is 0.857. The van der Waals surface area contributed by atoms with Gasteiger partial charge in [0.2, 0.25) is 5.91 Å². The van der Waals surface area contributed by atoms with Crippen LogP contribution in [-0.4, -0.2) is 71.2 Å². The van der Waals surface area contributed by atoms with Crippen LogP contribution in [0.1, 0.15) is 26.2 Å². The molecule has 4 atom stereocenters. The maximum absolute atomic E-state index is 12.4. The fourth-order valence-corrected chi connectivity index (χ4v) is 3.91. The highest BCUT2D eigenvalue weighted by molar-refractivity contribution is 5.79. The van der Waals surface area contributed by atoms with Crippen molar-refractivity contribution in [3.05, 3.63) is 0 Å². The highest BCUT2D eigenvalue weighted by Gasteiger charge is 2.49. The summed E-state index contributed by atoms with van der Waals surface area (Å²) in [7, 11) is 0. The molecule has 2 bridgehead atoms. The third kappa shape index (κ3) is 2.42. The number of carboxylic acid groups (broad SMARTS) is 1. The van der Waals surface area contributed by atoms with Gasteiger partial charge >= 0.3 is 5.97 Å². The molecule has 3 aliphatic rings. The first-order valence-corrected chi connectivity index (χ1v) is 7.44. The summed E-state index contributed by atoms with van der Waals surface area (Å²) in [6.45, 7) is 4.22. The van der Waals surface area contributed by atoms with Crippen molar-refractivity contribution >= 4 is 11.9 Å². The van der Waals surface area contributed by atoms with E-state index in [2.05, 4.69) is 4.90 Å². The average Bonchev–Trinajstić information content (AvgIpc) is 2.96. The summed E-state index contributed by atoms with van der Waals surface area (Å²) in [5, 5.41) is 9.23. The van der Waals surface area contributed by atoms with Crippen molar-refractivity contribution in [2.24, 2.45) is 5.92 Å². The van der Waals surface area contributed by atoms with Gasteiger partial charge in [0.25, 0.3) is 0 Å². The highest BCUT2D eigenvalue weighted by atomic mass is 16.5. The third-order valence-corrected chi connectivity index (χ3v) is 4.91. The fourth-order valence-electron chi connectivity index (χ4n) is 3.91. The number of hydrogen-bond donors (Lipinski definition) is 1. The van der Waals surface area contributed by atoms with E-state index in [0.717, 1.165) is 12.8 Å². The zero-order valence-corrected chi connectivity index (χ0v) is 11.8. The standard InChI is InChI=1S/C14H22N2O4/c1-9-7-15(4-5-20-9)13(17)8-16-10-2-3-12(16)11(6-10)14(18)19/h9-12H,2-8H2,1H3,(H,18,19). The Morgan fingerprint density at radius 3 is 2.80 bits per heavy atom. The number of hydrogen-bond acceptors (Lipinski definition) is 4. The van der Waals surface area contributed by atoms with Gasteiger partial charge in [0.05, 0.1) is 25.2 Å². The lowest BCUT2D eigenvalue weighted by Gasteiger charge is -2.33. The summed E-state index contributed by atoms with van der Waals surface area (Å²) in [5.74, 6) is -0.886. The Morgan fingerprint density at radius 1 is 1.35 bits per heavy atom. The Bertz CT molecular complexity index is 414. The van der Waals surface area contributed by atoms with E-state index in [9.17, 15) is 14.7 Å². The van der Waals surface area contributed by atoms with E-state index in [0.29, 0.717) is 32.7 Å². The van der Waals surface area contributed by atoms with Crippen LogP contribution >= 0.6 is 0 Å². The van der Waals surface area contributed by atoms with Crippen molar-refractivity contribution in [3.8, 4) is 0 Å². The van der Waals surface area contributed by atoms with Crippen LogP contribution in [0.2, 0.25) is 0 Å². The maximum atomic E-state index is 12.4. The van der Waals surface area contributed by atoms with Gasteiger partial charge in [0, 0.05) is 25.2 Å². The molecular weight excluding hydrogens is 260 g/mol. The normalized spacial score (nSPS) is 37.4. The molecule has 0 saturated carbocycles. The lowest BCUT2D eigenvalue weighted by atomic mass is 9.89. The van der Waals surface area contributed by atoms with Gasteiger partial charge < -0.3 is 14.7 Å². The van der Waals surface area contributed by atoms with Crippen LogP contribution in [0.25, 0.3) is 0 Å². The number of rotatable bonds is 3. The molecule has 0 radical (unpaired) electrons. The van der Waals surface area contributed by atoms with E-state index >= 15 is 0 Å². The van der Waals surface area contributed by atoms with Gasteiger partial charge in [-0.3, -0.25) is 14.5 Å². The largest absolute Gasteiger partial charge is 0.481 e. The van der Waals surface area contributed by atoms with Gasteiger partial charge in [0.1, 0.15) is 0 Å². The van der Waals surface area contributed by atoms with Gasteiger partial charge in [-0.25, -0.2) is 0 Å². The molecule has 1 amide bonds. The van der Waals surface area contributed by atoms with Crippen molar-refractivity contribution in [1.82, 2.24) is 9.80 Å². The van der Waals surface area contributed by atoms with Crippen molar-refractivity contribution in [1.29, 1.82) is 0 Å². The molecule has 3 saturated heterocycles. The highest BCUT2D eigenvalue weighted by Crippen LogP contribution is 2.41. The smallest absolute Gasteiger partial charge is 0.308 e. The van der Waals surface area contributed by atoms with Crippen LogP contribution in [0.15, 0.2) is 0 Å². The molecule has 1 N–H and O–H groups in total. The van der Waals surface area contributed by atoms with Crippen molar-refractivity contribution in [2.75, 3.05) is 26.2 Å². The lowest BCUT2D eigenvalue weighted by Crippen LogP contribution is -2.49. The van der Waals surface area contributed by atoms with Gasteiger partial charge in [0.15, 0.2) is 0 Å². The molecule has 0 aromatic rings. The van der Waals surface area contributed by atoms with E-state index in [4.69, 9.17) is 4.74 Å². The van der Waals surface area contributed by atoms with E-state index < -0.39 is 5.97 Å². The topological polar surface area (TPSA) is 70.1 Å². The number of amides is 1. The molecule has 6 heteroatoms. The Hall–Kier alpha value is -1.14. The molecule has 0 aromatic heterocycles. The molecule has 6 nitrogen and oxygen atoms in total. The average molecular weight is 282 g/mol. The van der Waals surface area contributed by atoms with Crippen LogP contribution in [0, 0.1) is 5.92 Å². The Morgan fingerprint density at radius 2 is 2.15 bits per heavy atom. The number of carboxylic acids is 1. The minimum atomic E-state index is -0.713. The molecule has 3 fully saturated rings. The van der Waals surface area contributed by atoms with E-state index in [1.165, 1.54) is 0 Å². The Kier molecular flexibility index (Phi) is 3.69. The van der Waals surface area contributed by atoms with E-state index in [1.54, 1.807) is 0 Å². The summed E-state index contributed by atoms with van der Waals surface area (Å²) in [4.78, 5) is 27.6. The Labute approximate surface area is 118 Å². The van der Waals surface area contributed by atoms with E-state index in [-0.39, 0.29) is 30.0 Å². The van der Waals surface area contributed by atoms with Crippen LogP contribution in [0.4, 0.5) is 0 Å². The second-order valence-corrected chi connectivity index (χ2v) is 6.17. The first-order chi connectivity index (χ1) is 9.56. The zero-order valence-electron chi connectivity index (χ0n) is 11.8. The SMILES string of the molecule is CC1CN(C(=O)CN2C3CCC2C(C(=O)O)C3)CCO1. The van der Waals surface area contributed by atoms with Gasteiger partial charge in [-0.1, -0.05) is 0 Å². The number of carbonyl (C=O) groups excluding carboxylic acids is 1. The monoisotopic (exact) mass is 282 g/mol. The van der Waals surface area contributed by atoms with Gasteiger partial charge in [-0.15, -0.1) is 0 Å². The summed E-state index contributed by atoms with van der Waals surface area (Å²) in [6, 6.07) is 0.337. The summed E-state index contributed by atoms with van der Waals surface area (Å²) >= 11 is 0. The molecule has 0 aliphatic carbocycles. The predicted octanol–water partition coefficient (Wildman–Crippen LogP) is 0.171.